The van der Waals surface area contributed by atoms with Gasteiger partial charge in [0.25, 0.3) is 0 Å². The second-order valence-corrected chi connectivity index (χ2v) is 0.346. The van der Waals surface area contributed by atoms with E-state index in [0.29, 0.717) is 0 Å². The van der Waals surface area contributed by atoms with E-state index in [0.717, 1.165) is 0 Å². The van der Waals surface area contributed by atoms with Gasteiger partial charge in [0, 0.05) is 0 Å². The van der Waals surface area contributed by atoms with Gasteiger partial charge >= 0.3 is 65.5 Å². The van der Waals surface area contributed by atoms with Crippen LogP contribution in [0, 0.1) is 0 Å². The van der Waals surface area contributed by atoms with Gasteiger partial charge in [0.15, 0.2) is 0 Å². The summed E-state index contributed by atoms with van der Waals surface area (Å²) >= 11 is 0. The van der Waals surface area contributed by atoms with Crippen LogP contribution < -0.4 is 0 Å². The van der Waals surface area contributed by atoms with Crippen molar-refractivity contribution in [1.82, 2.24) is 0 Å². The molecule has 0 saturated carbocycles. The maximum absolute atomic E-state index is 7.17. The third-order valence-corrected chi connectivity index (χ3v) is 0. The van der Waals surface area contributed by atoms with Gasteiger partial charge in [-0.1, -0.05) is 0 Å². The van der Waals surface area contributed by atoms with E-state index >= 15 is 0 Å². The van der Waals surface area contributed by atoms with Crippen LogP contribution in [0.3, 0.4) is 0 Å². The van der Waals surface area contributed by atoms with Gasteiger partial charge < -0.3 is 69.8 Å². The fourth-order valence-corrected chi connectivity index (χ4v) is 0. The van der Waals surface area contributed by atoms with Gasteiger partial charge in [0.1, 0.15) is 0 Å². The van der Waals surface area contributed by atoms with Crippen LogP contribution in [0.4, 0.5) is 0 Å². The minimum absolute atomic E-state index is 0. The summed E-state index contributed by atoms with van der Waals surface area (Å²) in [7, 11) is -2.17. The average molecular weight is 328 g/mol. The first-order valence-electron chi connectivity index (χ1n) is 0.775. The first-order valence-corrected chi connectivity index (χ1v) is 0.775. The first-order chi connectivity index (χ1) is 1.73. The van der Waals surface area contributed by atoms with Crippen LogP contribution in [0.15, 0.2) is 0 Å². The van der Waals surface area contributed by atoms with Gasteiger partial charge in [-0.3, -0.25) is 0 Å². The molecule has 15 heteroatoms. The second-order valence-electron chi connectivity index (χ2n) is 0.346. The van der Waals surface area contributed by atoms with E-state index in [2.05, 4.69) is 0 Å². The molecule has 0 radical (unpaired) electrons. The van der Waals surface area contributed by atoms with Crippen LogP contribution in [0.25, 0.3) is 0 Å². The number of rotatable bonds is 0. The zero-order valence-corrected chi connectivity index (χ0v) is 6.92. The van der Waals surface area contributed by atoms with Crippen LogP contribution in [-0.2, 0) is 0 Å². The molecule has 0 amide bonds. The van der Waals surface area contributed by atoms with Crippen LogP contribution in [0.1, 0.15) is 0 Å². The van der Waals surface area contributed by atoms with E-state index in [4.69, 9.17) is 15.1 Å². The topological polar surface area (TPSA) is 376 Å². The predicted octanol–water partition coefficient (Wildman–Crippen LogP) is -10.9. The Hall–Kier alpha value is 1.35. The number of hydrogen-bond donors (Lipinski definition) is 3. The molecule has 0 unspecified atom stereocenters. The minimum atomic E-state index is -2.17. The molecule has 0 atom stereocenters. The van der Waals surface area contributed by atoms with Gasteiger partial charge in [-0.15, -0.1) is 0 Å². The van der Waals surface area contributed by atoms with Gasteiger partial charge in [-0.2, -0.15) is 0 Å². The van der Waals surface area contributed by atoms with E-state index in [9.17, 15) is 0 Å². The summed E-state index contributed by atoms with van der Waals surface area (Å²) in [6.07, 6.45) is 0. The van der Waals surface area contributed by atoms with Crippen LogP contribution in [0.5, 0.6) is 0 Å². The summed E-state index contributed by atoms with van der Waals surface area (Å²) in [5.41, 5.74) is 0. The molecule has 0 bridgehead atoms. The van der Waals surface area contributed by atoms with Crippen molar-refractivity contribution in [2.45, 2.75) is 0 Å². The van der Waals surface area contributed by atoms with E-state index < -0.39 is 7.32 Å². The molecule has 0 saturated heterocycles. The van der Waals surface area contributed by atoms with E-state index in [1.807, 2.05) is 0 Å². The van der Waals surface area contributed by atoms with Crippen molar-refractivity contribution in [3.8, 4) is 0 Å². The molecular weight excluding hydrogens is 304 g/mol. The summed E-state index contributed by atoms with van der Waals surface area (Å²) < 4.78 is 0. The monoisotopic (exact) mass is 328 g/mol. The molecule has 0 aromatic carbocycles. The predicted molar refractivity (Wildman–Crippen MR) is 55.7 cm³/mol. The Morgan fingerprint density at radius 3 is 0.400 bits per heavy atom. The molecular formula is H24BO13Rb. The molecule has 0 aromatic rings. The van der Waals surface area contributed by atoms with Gasteiger partial charge in [0.05, 0.1) is 0 Å². The van der Waals surface area contributed by atoms with Crippen molar-refractivity contribution < 1.29 is 69.8 Å². The molecule has 106 valence electrons. The fraction of sp³-hybridized carbons (Fsp3) is 0. The molecule has 0 aliphatic carbocycles. The standard InChI is InChI=1S/BH3O3.10H2O.Rb.H/c2-1(3)4;;;;;;;;;;;;/h2-4H;10*1H2;;. The Kier molecular flexibility index (Phi) is 2270. The van der Waals surface area contributed by atoms with Crippen molar-refractivity contribution in [3.05, 3.63) is 0 Å². The Morgan fingerprint density at radius 2 is 0.400 bits per heavy atom. The second kappa shape index (κ2) is 167. The third-order valence-electron chi connectivity index (χ3n) is 0. The quantitative estimate of drug-likeness (QED) is 0.364. The molecule has 13 nitrogen and oxygen atoms in total. The molecule has 0 aliphatic heterocycles. The maximum atomic E-state index is 7.17. The van der Waals surface area contributed by atoms with Crippen molar-refractivity contribution in [1.29, 1.82) is 0 Å². The molecule has 0 heterocycles. The van der Waals surface area contributed by atoms with Crippen LogP contribution >= 0.6 is 0 Å². The molecule has 15 heavy (non-hydrogen) atoms. The summed E-state index contributed by atoms with van der Waals surface area (Å²) in [6, 6.07) is 0. The average Bonchev–Trinajstić information content (AvgIpc) is 0.811. The summed E-state index contributed by atoms with van der Waals surface area (Å²) in [4.78, 5) is 0. The Balaban J connectivity index is -0.000000000818. The summed E-state index contributed by atoms with van der Waals surface area (Å²) in [5.74, 6) is 0. The molecule has 23 N–H and O–H groups in total. The third kappa shape index (κ3) is 1500. The zero-order chi connectivity index (χ0) is 3.58. The molecule has 0 aromatic heterocycles. The SMILES string of the molecule is O.O.O.O.O.O.O.O.O.O.OB(O)O.[RbH]. The normalized spacial score (nSPS) is 1.80. The van der Waals surface area contributed by atoms with Crippen molar-refractivity contribution in [3.63, 3.8) is 0 Å². The molecule has 0 spiro atoms. The Bertz CT molecular complexity index is 15.3. The van der Waals surface area contributed by atoms with E-state index in [1.165, 1.54) is 0 Å². The van der Waals surface area contributed by atoms with E-state index in [-0.39, 0.29) is 113 Å². The molecule has 0 rings (SSSR count). The van der Waals surface area contributed by atoms with Crippen LogP contribution in [-0.4, -0.2) is 135 Å². The fourth-order valence-electron chi connectivity index (χ4n) is 0. The zero-order valence-electron chi connectivity index (χ0n) is 6.92. The first kappa shape index (κ1) is 204. The number of hydrogen-bond acceptors (Lipinski definition) is 3. The summed E-state index contributed by atoms with van der Waals surface area (Å²) in [6.45, 7) is 0. The van der Waals surface area contributed by atoms with Crippen LogP contribution in [0.2, 0.25) is 0 Å². The van der Waals surface area contributed by atoms with E-state index in [1.54, 1.807) is 0 Å². The van der Waals surface area contributed by atoms with Gasteiger partial charge in [-0.25, -0.2) is 0 Å². The van der Waals surface area contributed by atoms with Crippen molar-refractivity contribution in [2.75, 3.05) is 0 Å². The van der Waals surface area contributed by atoms with Gasteiger partial charge in [0.2, 0.25) is 0 Å². The molecule has 0 fully saturated rings. The van der Waals surface area contributed by atoms with Gasteiger partial charge in [-0.05, 0) is 0 Å². The molecule has 0 aliphatic rings. The van der Waals surface area contributed by atoms with Crippen molar-refractivity contribution >= 4 is 65.5 Å². The Labute approximate surface area is 134 Å². The van der Waals surface area contributed by atoms with Crippen molar-refractivity contribution in [2.24, 2.45) is 0 Å². The summed E-state index contributed by atoms with van der Waals surface area (Å²) in [5, 5.41) is 21.5. The Morgan fingerprint density at radius 1 is 0.400 bits per heavy atom.